The normalized spacial score (nSPS) is 22.7. The first-order valence-corrected chi connectivity index (χ1v) is 8.37. The second-order valence-corrected chi connectivity index (χ2v) is 6.55. The van der Waals surface area contributed by atoms with Gasteiger partial charge in [0.05, 0.1) is 5.56 Å². The molecule has 2 heterocycles. The number of ether oxygens (including phenoxy) is 1. The number of carbonyl (C=O) groups excluding carboxylic acids is 3. The summed E-state index contributed by atoms with van der Waals surface area (Å²) < 4.78 is 5.37. The summed E-state index contributed by atoms with van der Waals surface area (Å²) in [7, 11) is 0. The van der Waals surface area contributed by atoms with Crippen molar-refractivity contribution in [3.63, 3.8) is 0 Å². The van der Waals surface area contributed by atoms with Crippen molar-refractivity contribution < 1.29 is 19.1 Å². The maximum absolute atomic E-state index is 12.5. The van der Waals surface area contributed by atoms with E-state index in [2.05, 4.69) is 5.32 Å². The molecule has 1 N–H and O–H groups in total. The van der Waals surface area contributed by atoms with Crippen molar-refractivity contribution >= 4 is 17.8 Å². The highest BCUT2D eigenvalue weighted by Gasteiger charge is 2.42. The molecule has 1 saturated heterocycles. The quantitative estimate of drug-likeness (QED) is 0.844. The Morgan fingerprint density at radius 3 is 2.71 bits per heavy atom. The number of likely N-dealkylation sites (tertiary alicyclic amines) is 1. The zero-order valence-corrected chi connectivity index (χ0v) is 13.8. The molecule has 2 amide bonds. The van der Waals surface area contributed by atoms with Gasteiger partial charge in [-0.1, -0.05) is 18.2 Å². The van der Waals surface area contributed by atoms with Gasteiger partial charge in [-0.05, 0) is 31.4 Å². The van der Waals surface area contributed by atoms with E-state index in [9.17, 15) is 14.4 Å². The Hall–Kier alpha value is -2.37. The summed E-state index contributed by atoms with van der Waals surface area (Å²) >= 11 is 0. The van der Waals surface area contributed by atoms with E-state index in [4.69, 9.17) is 4.74 Å². The van der Waals surface area contributed by atoms with E-state index in [-0.39, 0.29) is 24.8 Å². The third-order valence-corrected chi connectivity index (χ3v) is 4.65. The summed E-state index contributed by atoms with van der Waals surface area (Å²) in [5.41, 5.74) is 0.0776. The molecule has 2 aliphatic rings. The van der Waals surface area contributed by atoms with E-state index in [0.29, 0.717) is 12.0 Å². The Bertz CT molecular complexity index is 667. The molecule has 1 fully saturated rings. The molecule has 0 saturated carbocycles. The van der Waals surface area contributed by atoms with Gasteiger partial charge in [0, 0.05) is 32.5 Å². The maximum Gasteiger partial charge on any atom is 0.339 e. The Kier molecular flexibility index (Phi) is 4.55. The van der Waals surface area contributed by atoms with Crippen LogP contribution in [0.25, 0.3) is 0 Å². The molecule has 1 aromatic carbocycles. The van der Waals surface area contributed by atoms with Gasteiger partial charge in [-0.2, -0.15) is 0 Å². The smallest absolute Gasteiger partial charge is 0.339 e. The molecule has 1 atom stereocenters. The molecule has 0 spiro atoms. The zero-order valence-electron chi connectivity index (χ0n) is 13.8. The van der Waals surface area contributed by atoms with Gasteiger partial charge in [0.15, 0.2) is 5.60 Å². The molecule has 0 radical (unpaired) electrons. The molecule has 6 nitrogen and oxygen atoms in total. The van der Waals surface area contributed by atoms with Gasteiger partial charge in [-0.15, -0.1) is 0 Å². The van der Waals surface area contributed by atoms with Crippen LogP contribution in [0.15, 0.2) is 24.3 Å². The van der Waals surface area contributed by atoms with Crippen LogP contribution < -0.4 is 5.32 Å². The van der Waals surface area contributed by atoms with Crippen molar-refractivity contribution in [2.75, 3.05) is 19.6 Å². The number of rotatable bonds is 4. The second-order valence-electron chi connectivity index (χ2n) is 6.55. The predicted octanol–water partition coefficient (Wildman–Crippen LogP) is 1.29. The number of amides is 2. The number of nitrogens with one attached hydrogen (secondary N) is 1. The van der Waals surface area contributed by atoms with Crippen molar-refractivity contribution in [3.05, 3.63) is 35.4 Å². The minimum absolute atomic E-state index is 0.0592. The molecule has 128 valence electrons. The van der Waals surface area contributed by atoms with Crippen LogP contribution in [0.1, 0.15) is 42.1 Å². The number of esters is 1. The van der Waals surface area contributed by atoms with Crippen molar-refractivity contribution in [2.24, 2.45) is 0 Å². The molecule has 3 rings (SSSR count). The highest BCUT2D eigenvalue weighted by atomic mass is 16.6. The van der Waals surface area contributed by atoms with Gasteiger partial charge >= 0.3 is 5.97 Å². The lowest BCUT2D eigenvalue weighted by atomic mass is 9.89. The first-order valence-electron chi connectivity index (χ1n) is 8.37. The van der Waals surface area contributed by atoms with Gasteiger partial charge in [0.2, 0.25) is 5.91 Å². The molecule has 0 aromatic heterocycles. The van der Waals surface area contributed by atoms with E-state index in [1.165, 1.54) is 0 Å². The fourth-order valence-electron chi connectivity index (χ4n) is 3.25. The Balaban J connectivity index is 1.57. The number of hydrogen-bond acceptors (Lipinski definition) is 4. The summed E-state index contributed by atoms with van der Waals surface area (Å²) in [5, 5.41) is 2.73. The molecule has 1 unspecified atom stereocenters. The van der Waals surface area contributed by atoms with Crippen LogP contribution in [0, 0.1) is 0 Å². The number of hydrogen-bond donors (Lipinski definition) is 1. The van der Waals surface area contributed by atoms with Crippen molar-refractivity contribution in [1.82, 2.24) is 10.2 Å². The van der Waals surface area contributed by atoms with Gasteiger partial charge in [-0.25, -0.2) is 4.79 Å². The van der Waals surface area contributed by atoms with Crippen molar-refractivity contribution in [2.45, 2.75) is 38.2 Å². The molecule has 1 aromatic rings. The minimum Gasteiger partial charge on any atom is -0.445 e. The third kappa shape index (κ3) is 3.27. The largest absolute Gasteiger partial charge is 0.445 e. The van der Waals surface area contributed by atoms with E-state index >= 15 is 0 Å². The summed E-state index contributed by atoms with van der Waals surface area (Å²) in [5.74, 6) is -0.786. The lowest BCUT2D eigenvalue weighted by molar-refractivity contribution is -0.140. The lowest BCUT2D eigenvalue weighted by Gasteiger charge is -2.33. The van der Waals surface area contributed by atoms with Crippen LogP contribution in [-0.4, -0.2) is 47.9 Å². The van der Waals surface area contributed by atoms with Gasteiger partial charge in [0.25, 0.3) is 5.91 Å². The third-order valence-electron chi connectivity index (χ3n) is 4.65. The summed E-state index contributed by atoms with van der Waals surface area (Å²) in [6, 6.07) is 7.14. The van der Waals surface area contributed by atoms with Gasteiger partial charge in [-0.3, -0.25) is 9.59 Å². The van der Waals surface area contributed by atoms with Crippen molar-refractivity contribution in [1.29, 1.82) is 0 Å². The standard InChI is InChI=1S/C18H22N2O4/c1-18(12-13-6-2-3-7-14(13)16(22)24-18)17(23)19-9-8-15(21)20-10-4-5-11-20/h2-3,6-7H,4-5,8-12H2,1H3,(H,19,23). The molecular formula is C18H22N2O4. The Morgan fingerprint density at radius 2 is 1.96 bits per heavy atom. The SMILES string of the molecule is CC1(C(=O)NCCC(=O)N2CCCC2)Cc2ccccc2C(=O)O1. The fourth-order valence-corrected chi connectivity index (χ4v) is 3.25. The Labute approximate surface area is 141 Å². The molecule has 2 aliphatic heterocycles. The Morgan fingerprint density at radius 1 is 1.25 bits per heavy atom. The summed E-state index contributed by atoms with van der Waals surface area (Å²) in [6.45, 7) is 3.47. The van der Waals surface area contributed by atoms with Crippen LogP contribution in [0.2, 0.25) is 0 Å². The highest BCUT2D eigenvalue weighted by molar-refractivity contribution is 5.97. The highest BCUT2D eigenvalue weighted by Crippen LogP contribution is 2.28. The number of cyclic esters (lactones) is 1. The molecule has 24 heavy (non-hydrogen) atoms. The van der Waals surface area contributed by atoms with E-state index in [0.717, 1.165) is 31.5 Å². The first kappa shape index (κ1) is 16.5. The van der Waals surface area contributed by atoms with Crippen LogP contribution in [-0.2, 0) is 20.7 Å². The van der Waals surface area contributed by atoms with Crippen LogP contribution >= 0.6 is 0 Å². The van der Waals surface area contributed by atoms with Gasteiger partial charge < -0.3 is 15.0 Å². The maximum atomic E-state index is 12.5. The number of benzene rings is 1. The van der Waals surface area contributed by atoms with Crippen LogP contribution in [0.5, 0.6) is 0 Å². The van der Waals surface area contributed by atoms with Crippen molar-refractivity contribution in [3.8, 4) is 0 Å². The number of carbonyl (C=O) groups is 3. The van der Waals surface area contributed by atoms with E-state index in [1.807, 2.05) is 17.0 Å². The van der Waals surface area contributed by atoms with Gasteiger partial charge in [0.1, 0.15) is 0 Å². The average Bonchev–Trinajstić information content (AvgIpc) is 3.09. The number of fused-ring (bicyclic) bond motifs is 1. The summed E-state index contributed by atoms with van der Waals surface area (Å²) in [6.07, 6.45) is 2.70. The summed E-state index contributed by atoms with van der Waals surface area (Å²) in [4.78, 5) is 38.4. The van der Waals surface area contributed by atoms with E-state index in [1.54, 1.807) is 19.1 Å². The fraction of sp³-hybridized carbons (Fsp3) is 0.500. The predicted molar refractivity (Wildman–Crippen MR) is 87.4 cm³/mol. The van der Waals surface area contributed by atoms with Crippen LogP contribution in [0.4, 0.5) is 0 Å². The average molecular weight is 330 g/mol. The lowest BCUT2D eigenvalue weighted by Crippen LogP contribution is -2.52. The molecule has 6 heteroatoms. The van der Waals surface area contributed by atoms with Crippen LogP contribution in [0.3, 0.4) is 0 Å². The second kappa shape index (κ2) is 6.63. The number of nitrogens with zero attached hydrogens (tertiary/aromatic N) is 1. The molecular weight excluding hydrogens is 308 g/mol. The topological polar surface area (TPSA) is 75.7 Å². The first-order chi connectivity index (χ1) is 11.5. The molecule has 0 aliphatic carbocycles. The molecule has 0 bridgehead atoms. The minimum atomic E-state index is -1.23. The zero-order chi connectivity index (χ0) is 17.2. The monoisotopic (exact) mass is 330 g/mol. The van der Waals surface area contributed by atoms with E-state index < -0.39 is 11.6 Å².